The quantitative estimate of drug-likeness (QED) is 0.566. The van der Waals surface area contributed by atoms with Gasteiger partial charge in [-0.2, -0.15) is 0 Å². The predicted molar refractivity (Wildman–Crippen MR) is 95.9 cm³/mol. The van der Waals surface area contributed by atoms with E-state index in [0.29, 0.717) is 19.0 Å². The lowest BCUT2D eigenvalue weighted by molar-refractivity contribution is 0.0474. The zero-order valence-corrected chi connectivity index (χ0v) is 15.4. The van der Waals surface area contributed by atoms with Crippen LogP contribution in [0.25, 0.3) is 0 Å². The highest BCUT2D eigenvalue weighted by Crippen LogP contribution is 2.09. The van der Waals surface area contributed by atoms with E-state index >= 15 is 0 Å². The van der Waals surface area contributed by atoms with Crippen LogP contribution in [-0.2, 0) is 11.3 Å². The third-order valence-electron chi connectivity index (χ3n) is 2.92. The summed E-state index contributed by atoms with van der Waals surface area (Å²) in [7, 11) is 1.70. The number of carbonyl (C=O) groups is 1. The molecule has 0 spiro atoms. The van der Waals surface area contributed by atoms with Gasteiger partial charge in [0.2, 0.25) is 0 Å². The molecule has 0 aromatic carbocycles. The van der Waals surface area contributed by atoms with Crippen LogP contribution in [0, 0.1) is 0 Å². The lowest BCUT2D eigenvalue weighted by Gasteiger charge is -2.29. The van der Waals surface area contributed by atoms with Crippen LogP contribution in [0.5, 0.6) is 0 Å². The zero-order chi connectivity index (χ0) is 18.2. The number of alkyl carbamates (subject to hydrolysis) is 1. The summed E-state index contributed by atoms with van der Waals surface area (Å²) in [6.07, 6.45) is 1.31. The number of nitrogens with one attached hydrogen (secondary N) is 3. The van der Waals surface area contributed by atoms with Crippen LogP contribution in [0.2, 0.25) is 0 Å². The highest BCUT2D eigenvalue weighted by Gasteiger charge is 2.24. The number of nitrogens with zero attached hydrogens (tertiary/aromatic N) is 2. The van der Waals surface area contributed by atoms with E-state index in [-0.39, 0.29) is 0 Å². The maximum atomic E-state index is 11.9. The van der Waals surface area contributed by atoms with E-state index in [1.165, 1.54) is 0 Å². The Balaban J connectivity index is 2.44. The largest absolute Gasteiger partial charge is 0.444 e. The van der Waals surface area contributed by atoms with Crippen molar-refractivity contribution in [1.29, 1.82) is 0 Å². The fourth-order valence-corrected chi connectivity index (χ4v) is 1.83. The van der Waals surface area contributed by atoms with E-state index in [4.69, 9.17) is 4.74 Å². The summed E-state index contributed by atoms with van der Waals surface area (Å²) >= 11 is 0. The van der Waals surface area contributed by atoms with Gasteiger partial charge in [0.05, 0.1) is 17.8 Å². The Morgan fingerprint density at radius 2 is 1.92 bits per heavy atom. The van der Waals surface area contributed by atoms with E-state index in [9.17, 15) is 4.79 Å². The Hall–Kier alpha value is -2.31. The number of rotatable bonds is 5. The molecule has 0 saturated carbocycles. The SMILES string of the molecule is CN=C(NCc1ccccn1)NCC(C)(C)NC(=O)OC(C)(C)C. The molecule has 0 aliphatic carbocycles. The van der Waals surface area contributed by atoms with Crippen LogP contribution in [0.15, 0.2) is 29.4 Å². The van der Waals surface area contributed by atoms with Crippen LogP contribution >= 0.6 is 0 Å². The normalized spacial score (nSPS) is 12.5. The van der Waals surface area contributed by atoms with Gasteiger partial charge < -0.3 is 20.7 Å². The van der Waals surface area contributed by atoms with Gasteiger partial charge >= 0.3 is 6.09 Å². The maximum absolute atomic E-state index is 11.9. The fourth-order valence-electron chi connectivity index (χ4n) is 1.83. The first-order valence-corrected chi connectivity index (χ1v) is 7.97. The minimum Gasteiger partial charge on any atom is -0.444 e. The smallest absolute Gasteiger partial charge is 0.408 e. The monoisotopic (exact) mass is 335 g/mol. The van der Waals surface area contributed by atoms with Gasteiger partial charge in [0.15, 0.2) is 5.96 Å². The topological polar surface area (TPSA) is 87.6 Å². The molecule has 0 radical (unpaired) electrons. The average Bonchev–Trinajstić information content (AvgIpc) is 2.45. The van der Waals surface area contributed by atoms with Gasteiger partial charge in [-0.05, 0) is 46.8 Å². The summed E-state index contributed by atoms with van der Waals surface area (Å²) in [6, 6.07) is 5.75. The highest BCUT2D eigenvalue weighted by molar-refractivity contribution is 5.79. The minimum atomic E-state index is -0.520. The number of carbonyl (C=O) groups excluding carboxylic acids is 1. The number of hydrogen-bond acceptors (Lipinski definition) is 4. The third kappa shape index (κ3) is 8.36. The second-order valence-corrected chi connectivity index (χ2v) is 7.11. The molecule has 3 N–H and O–H groups in total. The Morgan fingerprint density at radius 1 is 1.21 bits per heavy atom. The molecule has 0 saturated heterocycles. The number of amides is 1. The summed E-state index contributed by atoms with van der Waals surface area (Å²) in [6.45, 7) is 10.4. The number of guanidine groups is 1. The molecule has 0 bridgehead atoms. The molecule has 0 atom stereocenters. The third-order valence-corrected chi connectivity index (χ3v) is 2.92. The van der Waals surface area contributed by atoms with Crippen molar-refractivity contribution < 1.29 is 9.53 Å². The van der Waals surface area contributed by atoms with E-state index in [1.807, 2.05) is 52.8 Å². The summed E-state index contributed by atoms with van der Waals surface area (Å²) in [5.74, 6) is 0.639. The van der Waals surface area contributed by atoms with Crippen molar-refractivity contribution in [3.63, 3.8) is 0 Å². The molecule has 24 heavy (non-hydrogen) atoms. The molecular weight excluding hydrogens is 306 g/mol. The summed E-state index contributed by atoms with van der Waals surface area (Å²) in [4.78, 5) is 20.3. The molecule has 1 amide bonds. The van der Waals surface area contributed by atoms with E-state index in [1.54, 1.807) is 13.2 Å². The van der Waals surface area contributed by atoms with Crippen LogP contribution in [0.4, 0.5) is 4.79 Å². The predicted octanol–water partition coefficient (Wildman–Crippen LogP) is 2.05. The molecular formula is C17H29N5O2. The molecule has 1 heterocycles. The van der Waals surface area contributed by atoms with Crippen molar-refractivity contribution in [2.45, 2.75) is 52.3 Å². The molecule has 0 aliphatic heterocycles. The molecule has 0 unspecified atom stereocenters. The number of ether oxygens (including phenoxy) is 1. The Labute approximate surface area is 144 Å². The van der Waals surface area contributed by atoms with Crippen molar-refractivity contribution in [3.8, 4) is 0 Å². The van der Waals surface area contributed by atoms with Gasteiger partial charge in [-0.1, -0.05) is 6.07 Å². The van der Waals surface area contributed by atoms with Gasteiger partial charge in [0.1, 0.15) is 5.60 Å². The molecule has 0 fully saturated rings. The van der Waals surface area contributed by atoms with E-state index in [0.717, 1.165) is 5.69 Å². The Kier molecular flexibility index (Phi) is 7.00. The summed E-state index contributed by atoms with van der Waals surface area (Å²) in [5, 5.41) is 9.22. The van der Waals surface area contributed by atoms with Crippen molar-refractivity contribution in [1.82, 2.24) is 20.9 Å². The fraction of sp³-hybridized carbons (Fsp3) is 0.588. The van der Waals surface area contributed by atoms with Gasteiger partial charge in [0, 0.05) is 19.8 Å². The first kappa shape index (κ1) is 19.7. The van der Waals surface area contributed by atoms with Crippen molar-refractivity contribution in [3.05, 3.63) is 30.1 Å². The average molecular weight is 335 g/mol. The molecule has 0 aliphatic rings. The van der Waals surface area contributed by atoms with Gasteiger partial charge in [-0.25, -0.2) is 4.79 Å². The number of pyridine rings is 1. The Bertz CT molecular complexity index is 550. The van der Waals surface area contributed by atoms with Crippen molar-refractivity contribution in [2.75, 3.05) is 13.6 Å². The van der Waals surface area contributed by atoms with E-state index in [2.05, 4.69) is 25.9 Å². The lowest BCUT2D eigenvalue weighted by Crippen LogP contribution is -2.54. The maximum Gasteiger partial charge on any atom is 0.408 e. The summed E-state index contributed by atoms with van der Waals surface area (Å²) in [5.41, 5.74) is -0.0923. The van der Waals surface area contributed by atoms with Crippen LogP contribution < -0.4 is 16.0 Å². The standard InChI is InChI=1S/C17H29N5O2/c1-16(2,3)24-15(23)22-17(4,5)12-21-14(18-6)20-11-13-9-7-8-10-19-13/h7-10H,11-12H2,1-6H3,(H,22,23)(H2,18,20,21). The number of aromatic nitrogens is 1. The minimum absolute atomic E-state index is 0.439. The van der Waals surface area contributed by atoms with Gasteiger partial charge in [-0.15, -0.1) is 0 Å². The number of aliphatic imine (C=N–C) groups is 1. The van der Waals surface area contributed by atoms with Crippen LogP contribution in [0.3, 0.4) is 0 Å². The molecule has 1 aromatic heterocycles. The first-order chi connectivity index (χ1) is 11.1. The Morgan fingerprint density at radius 3 is 2.46 bits per heavy atom. The number of hydrogen-bond donors (Lipinski definition) is 3. The molecule has 1 aromatic rings. The first-order valence-electron chi connectivity index (χ1n) is 7.97. The van der Waals surface area contributed by atoms with Crippen LogP contribution in [0.1, 0.15) is 40.3 Å². The highest BCUT2D eigenvalue weighted by atomic mass is 16.6. The molecule has 7 nitrogen and oxygen atoms in total. The van der Waals surface area contributed by atoms with Crippen LogP contribution in [-0.4, -0.2) is 41.8 Å². The lowest BCUT2D eigenvalue weighted by atomic mass is 10.1. The van der Waals surface area contributed by atoms with Gasteiger partial charge in [-0.3, -0.25) is 9.98 Å². The molecule has 1 rings (SSSR count). The second-order valence-electron chi connectivity index (χ2n) is 7.11. The zero-order valence-electron chi connectivity index (χ0n) is 15.4. The summed E-state index contributed by atoms with van der Waals surface area (Å²) < 4.78 is 5.28. The van der Waals surface area contributed by atoms with Crippen molar-refractivity contribution in [2.24, 2.45) is 4.99 Å². The van der Waals surface area contributed by atoms with E-state index < -0.39 is 17.2 Å². The molecule has 134 valence electrons. The molecule has 7 heteroatoms. The van der Waals surface area contributed by atoms with Gasteiger partial charge in [0.25, 0.3) is 0 Å². The second kappa shape index (κ2) is 8.52. The van der Waals surface area contributed by atoms with Crippen molar-refractivity contribution >= 4 is 12.1 Å².